The van der Waals surface area contributed by atoms with Crippen LogP contribution in [-0.2, 0) is 24.6 Å². The van der Waals surface area contributed by atoms with Crippen LogP contribution in [-0.4, -0.2) is 45.7 Å². The molecular formula is C33H26Cl2FN3O5. The van der Waals surface area contributed by atoms with Gasteiger partial charge in [0.05, 0.1) is 28.9 Å². The van der Waals surface area contributed by atoms with E-state index in [4.69, 9.17) is 23.2 Å². The molecule has 8 nitrogen and oxygen atoms in total. The van der Waals surface area contributed by atoms with Crippen molar-refractivity contribution in [1.29, 1.82) is 0 Å². The number of aromatic hydroxyl groups is 1. The topological polar surface area (TPSA) is 107 Å². The number of likely N-dealkylation sites (tertiary alicyclic amines) is 1. The number of amides is 4. The van der Waals surface area contributed by atoms with Crippen molar-refractivity contribution in [2.75, 3.05) is 12.5 Å². The van der Waals surface area contributed by atoms with Crippen molar-refractivity contribution in [1.82, 2.24) is 9.91 Å². The SMILES string of the molecule is CN1C(=O)C2CC=C3C(CC4C(=O)N(Nc5ccc(F)cc5)C(=O)C4(c4ccc(Cl)cc4)C3c3cc(Cl)ccc3O)C2C1=O. The van der Waals surface area contributed by atoms with Gasteiger partial charge in [-0.3, -0.25) is 29.5 Å². The lowest BCUT2D eigenvalue weighted by molar-refractivity contribution is -0.140. The summed E-state index contributed by atoms with van der Waals surface area (Å²) in [5.74, 6) is -6.17. The lowest BCUT2D eigenvalue weighted by atomic mass is 9.49. The number of hydrazine groups is 1. The van der Waals surface area contributed by atoms with Gasteiger partial charge >= 0.3 is 0 Å². The number of fused-ring (bicyclic) bond motifs is 4. The van der Waals surface area contributed by atoms with E-state index in [1.165, 1.54) is 43.4 Å². The summed E-state index contributed by atoms with van der Waals surface area (Å²) in [5, 5.41) is 13.0. The van der Waals surface area contributed by atoms with Gasteiger partial charge in [0.25, 0.3) is 11.8 Å². The average Bonchev–Trinajstić information content (AvgIpc) is 3.36. The highest BCUT2D eigenvalue weighted by atomic mass is 35.5. The first kappa shape index (κ1) is 28.6. The predicted molar refractivity (Wildman–Crippen MR) is 160 cm³/mol. The average molecular weight is 634 g/mol. The molecule has 11 heteroatoms. The van der Waals surface area contributed by atoms with Gasteiger partial charge in [0, 0.05) is 28.6 Å². The van der Waals surface area contributed by atoms with E-state index in [9.17, 15) is 28.7 Å². The molecule has 6 unspecified atom stereocenters. The van der Waals surface area contributed by atoms with Crippen molar-refractivity contribution in [2.24, 2.45) is 23.7 Å². The molecule has 0 aromatic heterocycles. The largest absolute Gasteiger partial charge is 0.508 e. The maximum atomic E-state index is 14.9. The number of nitrogens with zero attached hydrogens (tertiary/aromatic N) is 2. The van der Waals surface area contributed by atoms with E-state index >= 15 is 0 Å². The summed E-state index contributed by atoms with van der Waals surface area (Å²) >= 11 is 12.7. The molecule has 0 bridgehead atoms. The van der Waals surface area contributed by atoms with Crippen LogP contribution in [0.3, 0.4) is 0 Å². The first-order valence-electron chi connectivity index (χ1n) is 14.2. The van der Waals surface area contributed by atoms with E-state index in [-0.39, 0.29) is 30.4 Å². The number of phenolic OH excluding ortho intramolecular Hbond substituents is 1. The van der Waals surface area contributed by atoms with Crippen LogP contribution < -0.4 is 5.43 Å². The Hall–Kier alpha value is -4.21. The first-order chi connectivity index (χ1) is 21.0. The zero-order chi connectivity index (χ0) is 31.1. The maximum absolute atomic E-state index is 14.9. The zero-order valence-corrected chi connectivity index (χ0v) is 24.8. The smallest absolute Gasteiger partial charge is 0.260 e. The van der Waals surface area contributed by atoms with Crippen LogP contribution >= 0.6 is 23.2 Å². The molecule has 224 valence electrons. The number of halogens is 3. The lowest BCUT2D eigenvalue weighted by Gasteiger charge is -2.50. The Balaban J connectivity index is 1.49. The Morgan fingerprint density at radius 3 is 2.27 bits per heavy atom. The highest BCUT2D eigenvalue weighted by Gasteiger charge is 2.70. The third kappa shape index (κ3) is 3.95. The molecule has 2 N–H and O–H groups in total. The molecule has 3 fully saturated rings. The number of phenols is 1. The number of benzene rings is 3. The highest BCUT2D eigenvalue weighted by Crippen LogP contribution is 2.65. The number of carbonyl (C=O) groups is 4. The van der Waals surface area contributed by atoms with E-state index < -0.39 is 52.6 Å². The van der Waals surface area contributed by atoms with Gasteiger partial charge in [0.1, 0.15) is 11.6 Å². The van der Waals surface area contributed by atoms with Gasteiger partial charge in [-0.05, 0) is 78.9 Å². The second-order valence-electron chi connectivity index (χ2n) is 11.8. The molecule has 3 aromatic carbocycles. The van der Waals surface area contributed by atoms with Crippen LogP contribution in [0.1, 0.15) is 29.9 Å². The van der Waals surface area contributed by atoms with E-state index in [2.05, 4.69) is 5.43 Å². The molecule has 4 amide bonds. The van der Waals surface area contributed by atoms with Gasteiger partial charge in [0.2, 0.25) is 11.8 Å². The Bertz CT molecular complexity index is 1780. The minimum Gasteiger partial charge on any atom is -0.508 e. The molecule has 2 saturated heterocycles. The van der Waals surface area contributed by atoms with Gasteiger partial charge in [-0.25, -0.2) is 4.39 Å². The minimum atomic E-state index is -1.59. The number of imide groups is 2. The highest BCUT2D eigenvalue weighted by molar-refractivity contribution is 6.31. The summed E-state index contributed by atoms with van der Waals surface area (Å²) in [4.78, 5) is 57.1. The molecule has 7 rings (SSSR count). The Kier molecular flexibility index (Phi) is 6.60. The summed E-state index contributed by atoms with van der Waals surface area (Å²) in [6.45, 7) is 0. The molecule has 0 radical (unpaired) electrons. The Morgan fingerprint density at radius 2 is 1.57 bits per heavy atom. The summed E-state index contributed by atoms with van der Waals surface area (Å²) in [7, 11) is 1.46. The fourth-order valence-electron chi connectivity index (χ4n) is 7.91. The summed E-state index contributed by atoms with van der Waals surface area (Å²) in [6.07, 6.45) is 2.26. The van der Waals surface area contributed by atoms with Gasteiger partial charge < -0.3 is 5.11 Å². The van der Waals surface area contributed by atoms with E-state index in [0.717, 1.165) is 9.91 Å². The molecule has 2 heterocycles. The maximum Gasteiger partial charge on any atom is 0.260 e. The molecule has 4 aliphatic rings. The van der Waals surface area contributed by atoms with Crippen molar-refractivity contribution < 1.29 is 28.7 Å². The van der Waals surface area contributed by atoms with Crippen molar-refractivity contribution in [3.8, 4) is 5.75 Å². The molecular weight excluding hydrogens is 608 g/mol. The van der Waals surface area contributed by atoms with Gasteiger partial charge in [0.15, 0.2) is 0 Å². The summed E-state index contributed by atoms with van der Waals surface area (Å²) in [6, 6.07) is 16.4. The number of hydrogen-bond donors (Lipinski definition) is 2. The first-order valence-corrected chi connectivity index (χ1v) is 15.0. The number of nitrogens with one attached hydrogen (secondary N) is 1. The number of rotatable bonds is 4. The minimum absolute atomic E-state index is 0.104. The van der Waals surface area contributed by atoms with Crippen LogP contribution in [0.5, 0.6) is 5.75 Å². The second-order valence-corrected chi connectivity index (χ2v) is 12.7. The number of anilines is 1. The van der Waals surface area contributed by atoms with Crippen molar-refractivity contribution in [3.05, 3.63) is 105 Å². The lowest BCUT2D eigenvalue weighted by Crippen LogP contribution is -2.53. The third-order valence-electron chi connectivity index (χ3n) is 9.78. The standard InChI is InChI=1S/C33H26Cl2FN3O5/c1-38-29(41)22-12-11-21-23(27(22)31(38)43)15-25-30(42)39(37-20-9-7-19(36)8-10-20)32(44)33(25,16-2-4-17(34)5-3-16)28(21)24-14-18(35)6-13-26(24)40/h2-11,13-14,22-23,25,27-28,37,40H,12,15H2,1H3. The van der Waals surface area contributed by atoms with Crippen LogP contribution in [0.15, 0.2) is 78.4 Å². The van der Waals surface area contributed by atoms with Crippen LogP contribution in [0.2, 0.25) is 10.0 Å². The van der Waals surface area contributed by atoms with Gasteiger partial charge in [-0.1, -0.05) is 47.0 Å². The second kappa shape index (κ2) is 10.2. The normalized spacial score (nSPS) is 29.4. The van der Waals surface area contributed by atoms with Crippen molar-refractivity contribution >= 4 is 52.5 Å². The van der Waals surface area contributed by atoms with E-state index in [1.54, 1.807) is 30.3 Å². The zero-order valence-electron chi connectivity index (χ0n) is 23.3. The van der Waals surface area contributed by atoms with E-state index in [1.807, 2.05) is 6.08 Å². The predicted octanol–water partition coefficient (Wildman–Crippen LogP) is 5.45. The Labute approximate surface area is 262 Å². The van der Waals surface area contributed by atoms with Gasteiger partial charge in [-0.2, -0.15) is 5.01 Å². The number of carbonyl (C=O) groups excluding carboxylic acids is 4. The van der Waals surface area contributed by atoms with Gasteiger partial charge in [-0.15, -0.1) is 0 Å². The number of allylic oxidation sites excluding steroid dienone is 2. The summed E-state index contributed by atoms with van der Waals surface area (Å²) < 4.78 is 13.7. The van der Waals surface area contributed by atoms with Crippen LogP contribution in [0.25, 0.3) is 0 Å². The quantitative estimate of drug-likeness (QED) is 0.292. The van der Waals surface area contributed by atoms with Crippen LogP contribution in [0.4, 0.5) is 10.1 Å². The monoisotopic (exact) mass is 633 g/mol. The molecule has 2 aliphatic heterocycles. The fraction of sp³-hybridized carbons (Fsp3) is 0.273. The third-order valence-corrected chi connectivity index (χ3v) is 10.3. The molecule has 0 spiro atoms. The van der Waals surface area contributed by atoms with E-state index in [0.29, 0.717) is 32.4 Å². The molecule has 1 saturated carbocycles. The molecule has 3 aromatic rings. The Morgan fingerprint density at radius 1 is 0.886 bits per heavy atom. The molecule has 2 aliphatic carbocycles. The molecule has 44 heavy (non-hydrogen) atoms. The fourth-order valence-corrected chi connectivity index (χ4v) is 8.22. The summed E-state index contributed by atoms with van der Waals surface area (Å²) in [5.41, 5.74) is 3.11. The van der Waals surface area contributed by atoms with Crippen molar-refractivity contribution in [2.45, 2.75) is 24.2 Å². The van der Waals surface area contributed by atoms with Crippen molar-refractivity contribution in [3.63, 3.8) is 0 Å². The van der Waals surface area contributed by atoms with Crippen LogP contribution in [0, 0.1) is 29.5 Å². The molecule has 6 atom stereocenters. The number of hydrogen-bond acceptors (Lipinski definition) is 6.